The molecule has 2 aromatic heterocycles. The molecule has 2 heterocycles. The quantitative estimate of drug-likeness (QED) is 0.829. The summed E-state index contributed by atoms with van der Waals surface area (Å²) in [7, 11) is 0. The molecule has 86 valence electrons. The van der Waals surface area contributed by atoms with Gasteiger partial charge in [0.05, 0.1) is 16.4 Å². The van der Waals surface area contributed by atoms with E-state index in [-0.39, 0.29) is 5.41 Å². The summed E-state index contributed by atoms with van der Waals surface area (Å²) >= 11 is 6.13. The lowest BCUT2D eigenvalue weighted by atomic mass is 9.91. The molecule has 0 aromatic carbocycles. The van der Waals surface area contributed by atoms with Crippen molar-refractivity contribution in [3.8, 4) is 0 Å². The van der Waals surface area contributed by atoms with Gasteiger partial charge in [-0.3, -0.25) is 0 Å². The molecule has 0 fully saturated rings. The Hall–Kier alpha value is -1.06. The van der Waals surface area contributed by atoms with Crippen molar-refractivity contribution in [2.24, 2.45) is 5.73 Å². The van der Waals surface area contributed by atoms with Gasteiger partial charge < -0.3 is 10.1 Å². The summed E-state index contributed by atoms with van der Waals surface area (Å²) in [5.74, 6) is 0. The number of aromatic nitrogens is 2. The lowest BCUT2D eigenvalue weighted by molar-refractivity contribution is 0.564. The van der Waals surface area contributed by atoms with Gasteiger partial charge in [0.15, 0.2) is 5.65 Å². The lowest BCUT2D eigenvalue weighted by Gasteiger charge is -2.17. The molecule has 0 saturated carbocycles. The zero-order valence-electron chi connectivity index (χ0n) is 9.79. The number of rotatable bonds is 1. The summed E-state index contributed by atoms with van der Waals surface area (Å²) in [5, 5.41) is 0.660. The minimum absolute atomic E-state index is 0.0238. The van der Waals surface area contributed by atoms with Gasteiger partial charge in [0.1, 0.15) is 0 Å². The van der Waals surface area contributed by atoms with E-state index in [1.165, 1.54) is 0 Å². The summed E-state index contributed by atoms with van der Waals surface area (Å²) in [6.45, 7) is 6.85. The number of hydrogen-bond acceptors (Lipinski definition) is 2. The van der Waals surface area contributed by atoms with Crippen LogP contribution in [0.1, 0.15) is 32.2 Å². The third kappa shape index (κ3) is 1.70. The van der Waals surface area contributed by atoms with Crippen LogP contribution in [0.4, 0.5) is 0 Å². The van der Waals surface area contributed by atoms with Gasteiger partial charge in [0.25, 0.3) is 0 Å². The molecule has 0 spiro atoms. The summed E-state index contributed by atoms with van der Waals surface area (Å²) < 4.78 is 1.98. The maximum absolute atomic E-state index is 6.13. The second kappa shape index (κ2) is 3.75. The molecule has 0 unspecified atom stereocenters. The van der Waals surface area contributed by atoms with Crippen LogP contribution in [0.25, 0.3) is 5.65 Å². The SMILES string of the molecule is CC(C)(C)c1nc2c(Cl)cccn2c1CN. The van der Waals surface area contributed by atoms with Crippen LogP contribution in [0.2, 0.25) is 5.02 Å². The normalized spacial score (nSPS) is 12.3. The highest BCUT2D eigenvalue weighted by molar-refractivity contribution is 6.33. The van der Waals surface area contributed by atoms with E-state index in [0.29, 0.717) is 11.6 Å². The van der Waals surface area contributed by atoms with Crippen molar-refractivity contribution in [1.82, 2.24) is 9.38 Å². The Kier molecular flexibility index (Phi) is 2.68. The smallest absolute Gasteiger partial charge is 0.156 e. The first-order chi connectivity index (χ1) is 7.45. The zero-order valence-corrected chi connectivity index (χ0v) is 10.5. The van der Waals surface area contributed by atoms with Gasteiger partial charge in [-0.1, -0.05) is 32.4 Å². The summed E-state index contributed by atoms with van der Waals surface area (Å²) in [6.07, 6.45) is 1.95. The third-order valence-electron chi connectivity index (χ3n) is 2.61. The fourth-order valence-corrected chi connectivity index (χ4v) is 2.09. The second-order valence-corrected chi connectivity index (χ2v) is 5.32. The van der Waals surface area contributed by atoms with E-state index >= 15 is 0 Å². The van der Waals surface area contributed by atoms with Crippen LogP contribution in [0.15, 0.2) is 18.3 Å². The van der Waals surface area contributed by atoms with Gasteiger partial charge in [-0.25, -0.2) is 4.98 Å². The predicted molar refractivity (Wildman–Crippen MR) is 66.8 cm³/mol. The lowest BCUT2D eigenvalue weighted by Crippen LogP contribution is -2.16. The van der Waals surface area contributed by atoms with Crippen molar-refractivity contribution in [2.75, 3.05) is 0 Å². The number of hydrogen-bond donors (Lipinski definition) is 1. The van der Waals surface area contributed by atoms with Crippen molar-refractivity contribution in [1.29, 1.82) is 0 Å². The Bertz CT molecular complexity index is 523. The fourth-order valence-electron chi connectivity index (χ4n) is 1.88. The van der Waals surface area contributed by atoms with Crippen molar-refractivity contribution >= 4 is 17.2 Å². The van der Waals surface area contributed by atoms with E-state index in [9.17, 15) is 0 Å². The van der Waals surface area contributed by atoms with Crippen LogP contribution in [0.5, 0.6) is 0 Å². The first-order valence-corrected chi connectivity index (χ1v) is 5.69. The number of pyridine rings is 1. The number of halogens is 1. The average molecular weight is 238 g/mol. The van der Waals surface area contributed by atoms with Gasteiger partial charge in [0.2, 0.25) is 0 Å². The first kappa shape index (κ1) is 11.4. The standard InChI is InChI=1S/C12H16ClN3/c1-12(2,3)10-9(7-14)16-6-4-5-8(13)11(16)15-10/h4-6H,7,14H2,1-3H3. The Morgan fingerprint density at radius 1 is 1.44 bits per heavy atom. The topological polar surface area (TPSA) is 43.3 Å². The fraction of sp³-hybridized carbons (Fsp3) is 0.417. The number of nitrogens with zero attached hydrogens (tertiary/aromatic N) is 2. The largest absolute Gasteiger partial charge is 0.325 e. The minimum Gasteiger partial charge on any atom is -0.325 e. The second-order valence-electron chi connectivity index (χ2n) is 4.91. The van der Waals surface area contributed by atoms with Crippen LogP contribution < -0.4 is 5.73 Å². The van der Waals surface area contributed by atoms with Gasteiger partial charge in [0, 0.05) is 18.2 Å². The summed E-state index contributed by atoms with van der Waals surface area (Å²) in [4.78, 5) is 4.61. The number of imidazole rings is 1. The third-order valence-corrected chi connectivity index (χ3v) is 2.90. The van der Waals surface area contributed by atoms with Gasteiger partial charge in [-0.15, -0.1) is 0 Å². The average Bonchev–Trinajstić information content (AvgIpc) is 2.57. The molecule has 2 rings (SSSR count). The highest BCUT2D eigenvalue weighted by Gasteiger charge is 2.23. The van der Waals surface area contributed by atoms with Crippen molar-refractivity contribution in [3.63, 3.8) is 0 Å². The summed E-state index contributed by atoms with van der Waals surface area (Å²) in [6, 6.07) is 3.75. The molecule has 3 nitrogen and oxygen atoms in total. The van der Waals surface area contributed by atoms with E-state index in [1.807, 2.05) is 22.7 Å². The first-order valence-electron chi connectivity index (χ1n) is 5.31. The minimum atomic E-state index is -0.0238. The maximum Gasteiger partial charge on any atom is 0.156 e. The van der Waals surface area contributed by atoms with Crippen LogP contribution in [0.3, 0.4) is 0 Å². The van der Waals surface area contributed by atoms with Crippen LogP contribution >= 0.6 is 11.6 Å². The molecule has 0 aliphatic carbocycles. The predicted octanol–water partition coefficient (Wildman–Crippen LogP) is 2.74. The Labute approximate surface area is 100 Å². The van der Waals surface area contributed by atoms with E-state index in [1.54, 1.807) is 0 Å². The highest BCUT2D eigenvalue weighted by atomic mass is 35.5. The number of nitrogens with two attached hydrogens (primary N) is 1. The van der Waals surface area contributed by atoms with Crippen LogP contribution in [-0.2, 0) is 12.0 Å². The summed E-state index contributed by atoms with van der Waals surface area (Å²) in [5.41, 5.74) is 8.62. The Balaban J connectivity index is 2.81. The van der Waals surface area contributed by atoms with Crippen molar-refractivity contribution in [2.45, 2.75) is 32.7 Å². The molecule has 0 bridgehead atoms. The Morgan fingerprint density at radius 2 is 2.12 bits per heavy atom. The van der Waals surface area contributed by atoms with Gasteiger partial charge in [-0.05, 0) is 12.1 Å². The monoisotopic (exact) mass is 237 g/mol. The van der Waals surface area contributed by atoms with E-state index < -0.39 is 0 Å². The molecule has 0 radical (unpaired) electrons. The molecule has 16 heavy (non-hydrogen) atoms. The zero-order chi connectivity index (χ0) is 11.9. The molecular weight excluding hydrogens is 222 g/mol. The molecule has 0 aliphatic rings. The van der Waals surface area contributed by atoms with Crippen molar-refractivity contribution < 1.29 is 0 Å². The van der Waals surface area contributed by atoms with Gasteiger partial charge in [-0.2, -0.15) is 0 Å². The highest BCUT2D eigenvalue weighted by Crippen LogP contribution is 2.28. The molecule has 0 amide bonds. The van der Waals surface area contributed by atoms with E-state index in [0.717, 1.165) is 17.0 Å². The van der Waals surface area contributed by atoms with Crippen LogP contribution in [-0.4, -0.2) is 9.38 Å². The van der Waals surface area contributed by atoms with Crippen molar-refractivity contribution in [3.05, 3.63) is 34.7 Å². The molecule has 0 saturated heterocycles. The molecule has 4 heteroatoms. The maximum atomic E-state index is 6.13. The van der Waals surface area contributed by atoms with Gasteiger partial charge >= 0.3 is 0 Å². The molecule has 0 atom stereocenters. The Morgan fingerprint density at radius 3 is 2.69 bits per heavy atom. The van der Waals surface area contributed by atoms with Crippen LogP contribution in [0, 0.1) is 0 Å². The molecule has 2 aromatic rings. The molecule has 2 N–H and O–H groups in total. The van der Waals surface area contributed by atoms with E-state index in [4.69, 9.17) is 17.3 Å². The number of fused-ring (bicyclic) bond motifs is 1. The molecule has 0 aliphatic heterocycles. The molecular formula is C12H16ClN3. The van der Waals surface area contributed by atoms with E-state index in [2.05, 4.69) is 25.8 Å².